The first kappa shape index (κ1) is 18.6. The van der Waals surface area contributed by atoms with Gasteiger partial charge in [-0.2, -0.15) is 0 Å². The summed E-state index contributed by atoms with van der Waals surface area (Å²) in [4.78, 5) is 31.4. The summed E-state index contributed by atoms with van der Waals surface area (Å²) in [5, 5.41) is 10.9. The SMILES string of the molecule is Cc1ccc(C2/C(=C(\O)c3ccccc3)C(=O)C(=O)N2Cc2ccncc2)cc1. The van der Waals surface area contributed by atoms with E-state index in [2.05, 4.69) is 4.98 Å². The Hall–Kier alpha value is -3.73. The van der Waals surface area contributed by atoms with E-state index in [1.165, 1.54) is 4.90 Å². The first-order valence-electron chi connectivity index (χ1n) is 9.35. The molecule has 0 spiro atoms. The lowest BCUT2D eigenvalue weighted by Gasteiger charge is -2.25. The lowest BCUT2D eigenvalue weighted by Crippen LogP contribution is -2.29. The molecule has 1 atom stereocenters. The summed E-state index contributed by atoms with van der Waals surface area (Å²) in [5.74, 6) is -1.46. The zero-order valence-corrected chi connectivity index (χ0v) is 15.9. The monoisotopic (exact) mass is 384 g/mol. The van der Waals surface area contributed by atoms with Crippen LogP contribution in [0.1, 0.15) is 28.3 Å². The van der Waals surface area contributed by atoms with Crippen LogP contribution in [-0.2, 0) is 16.1 Å². The van der Waals surface area contributed by atoms with Crippen LogP contribution in [0.2, 0.25) is 0 Å². The molecule has 1 N–H and O–H groups in total. The van der Waals surface area contributed by atoms with Crippen LogP contribution < -0.4 is 0 Å². The number of hydrogen-bond donors (Lipinski definition) is 1. The Morgan fingerprint density at radius 1 is 0.966 bits per heavy atom. The van der Waals surface area contributed by atoms with Gasteiger partial charge in [0, 0.05) is 24.5 Å². The third-order valence-electron chi connectivity index (χ3n) is 5.08. The van der Waals surface area contributed by atoms with Gasteiger partial charge in [-0.3, -0.25) is 14.6 Å². The molecule has 3 aromatic rings. The number of aliphatic hydroxyl groups excluding tert-OH is 1. The third-order valence-corrected chi connectivity index (χ3v) is 5.08. The number of aliphatic hydroxyl groups is 1. The highest BCUT2D eigenvalue weighted by molar-refractivity contribution is 6.46. The average molecular weight is 384 g/mol. The van der Waals surface area contributed by atoms with Gasteiger partial charge >= 0.3 is 0 Å². The highest BCUT2D eigenvalue weighted by atomic mass is 16.3. The van der Waals surface area contributed by atoms with Gasteiger partial charge in [-0.25, -0.2) is 0 Å². The first-order valence-corrected chi connectivity index (χ1v) is 9.35. The van der Waals surface area contributed by atoms with Gasteiger partial charge in [-0.1, -0.05) is 60.2 Å². The van der Waals surface area contributed by atoms with E-state index in [1.54, 1.807) is 36.7 Å². The summed E-state index contributed by atoms with van der Waals surface area (Å²) in [6, 6.07) is 19.4. The number of ketones is 1. The molecule has 2 heterocycles. The van der Waals surface area contributed by atoms with Gasteiger partial charge in [0.15, 0.2) is 0 Å². The quantitative estimate of drug-likeness (QED) is 0.419. The number of likely N-dealkylation sites (tertiary alicyclic amines) is 1. The zero-order valence-electron chi connectivity index (χ0n) is 15.9. The molecule has 0 aliphatic carbocycles. The molecular formula is C24H20N2O3. The number of amides is 1. The van der Waals surface area contributed by atoms with Gasteiger partial charge in [0.2, 0.25) is 0 Å². The standard InChI is InChI=1S/C24H20N2O3/c1-16-7-9-18(10-8-16)21-20(22(27)19-5-3-2-4-6-19)23(28)24(29)26(21)15-17-11-13-25-14-12-17/h2-14,21,27H,15H2,1H3/b22-20+. The van der Waals surface area contributed by atoms with E-state index in [1.807, 2.05) is 49.4 Å². The summed E-state index contributed by atoms with van der Waals surface area (Å²) in [6.07, 6.45) is 3.30. The molecule has 4 rings (SSSR count). The fraction of sp³-hybridized carbons (Fsp3) is 0.125. The van der Waals surface area contributed by atoms with Crippen molar-refractivity contribution >= 4 is 17.4 Å². The summed E-state index contributed by atoms with van der Waals surface area (Å²) in [7, 11) is 0. The van der Waals surface area contributed by atoms with E-state index in [-0.39, 0.29) is 17.9 Å². The topological polar surface area (TPSA) is 70.5 Å². The van der Waals surface area contributed by atoms with Crippen LogP contribution in [0.15, 0.2) is 84.7 Å². The normalized spacial score (nSPS) is 18.2. The van der Waals surface area contributed by atoms with E-state index in [9.17, 15) is 14.7 Å². The van der Waals surface area contributed by atoms with Crippen molar-refractivity contribution in [2.24, 2.45) is 0 Å². The summed E-state index contributed by atoms with van der Waals surface area (Å²) in [5.41, 5.74) is 3.33. The second-order valence-electron chi connectivity index (χ2n) is 7.06. The Morgan fingerprint density at radius 3 is 2.28 bits per heavy atom. The van der Waals surface area contributed by atoms with Crippen molar-refractivity contribution in [3.8, 4) is 0 Å². The summed E-state index contributed by atoms with van der Waals surface area (Å²) < 4.78 is 0. The number of nitrogens with zero attached hydrogens (tertiary/aromatic N) is 2. The maximum Gasteiger partial charge on any atom is 0.295 e. The fourth-order valence-corrected chi connectivity index (χ4v) is 3.57. The van der Waals surface area contributed by atoms with Crippen LogP contribution in [0, 0.1) is 6.92 Å². The molecular weight excluding hydrogens is 364 g/mol. The van der Waals surface area contributed by atoms with Gasteiger partial charge in [-0.15, -0.1) is 0 Å². The number of benzene rings is 2. The summed E-state index contributed by atoms with van der Waals surface area (Å²) >= 11 is 0. The average Bonchev–Trinajstić information content (AvgIpc) is 3.00. The molecule has 29 heavy (non-hydrogen) atoms. The lowest BCUT2D eigenvalue weighted by molar-refractivity contribution is -0.140. The minimum absolute atomic E-state index is 0.110. The van der Waals surface area contributed by atoms with Crippen LogP contribution >= 0.6 is 0 Å². The van der Waals surface area contributed by atoms with E-state index in [0.717, 1.165) is 16.7 Å². The van der Waals surface area contributed by atoms with Crippen LogP contribution in [0.4, 0.5) is 0 Å². The number of aryl methyl sites for hydroxylation is 1. The lowest BCUT2D eigenvalue weighted by atomic mass is 9.94. The van der Waals surface area contributed by atoms with Crippen molar-refractivity contribution < 1.29 is 14.7 Å². The van der Waals surface area contributed by atoms with Crippen LogP contribution in [0.5, 0.6) is 0 Å². The Labute approximate surface area is 169 Å². The Balaban J connectivity index is 1.86. The van der Waals surface area contributed by atoms with Gasteiger partial charge in [0.25, 0.3) is 11.7 Å². The molecule has 1 aliphatic heterocycles. The number of carbonyl (C=O) groups is 2. The molecule has 0 saturated carbocycles. The van der Waals surface area contributed by atoms with Crippen LogP contribution in [0.3, 0.4) is 0 Å². The molecule has 1 aliphatic rings. The minimum atomic E-state index is -0.675. The highest BCUT2D eigenvalue weighted by Gasteiger charge is 2.45. The Kier molecular flexibility index (Phi) is 4.96. The second kappa shape index (κ2) is 7.72. The second-order valence-corrected chi connectivity index (χ2v) is 7.06. The predicted octanol–water partition coefficient (Wildman–Crippen LogP) is 4.01. The van der Waals surface area contributed by atoms with E-state index in [4.69, 9.17) is 0 Å². The number of hydrogen-bond acceptors (Lipinski definition) is 4. The smallest absolute Gasteiger partial charge is 0.295 e. The highest BCUT2D eigenvalue weighted by Crippen LogP contribution is 2.40. The Morgan fingerprint density at radius 2 is 1.62 bits per heavy atom. The first-order chi connectivity index (χ1) is 14.1. The van der Waals surface area contributed by atoms with Gasteiger partial charge in [-0.05, 0) is 30.2 Å². The molecule has 5 heteroatoms. The number of pyridine rings is 1. The number of rotatable bonds is 4. The van der Waals surface area contributed by atoms with E-state index >= 15 is 0 Å². The number of aromatic nitrogens is 1. The number of carbonyl (C=O) groups excluding carboxylic acids is 2. The van der Waals surface area contributed by atoms with Crippen molar-refractivity contribution in [1.82, 2.24) is 9.88 Å². The van der Waals surface area contributed by atoms with Crippen molar-refractivity contribution in [1.29, 1.82) is 0 Å². The molecule has 1 amide bonds. The summed E-state index contributed by atoms with van der Waals surface area (Å²) in [6.45, 7) is 2.22. The van der Waals surface area contributed by atoms with Crippen molar-refractivity contribution in [2.75, 3.05) is 0 Å². The van der Waals surface area contributed by atoms with Crippen molar-refractivity contribution in [3.63, 3.8) is 0 Å². The van der Waals surface area contributed by atoms with Gasteiger partial charge in [0.05, 0.1) is 11.6 Å². The van der Waals surface area contributed by atoms with Crippen LogP contribution in [0.25, 0.3) is 5.76 Å². The van der Waals surface area contributed by atoms with Gasteiger partial charge < -0.3 is 10.0 Å². The largest absolute Gasteiger partial charge is 0.507 e. The third kappa shape index (κ3) is 3.55. The molecule has 1 saturated heterocycles. The minimum Gasteiger partial charge on any atom is -0.507 e. The van der Waals surface area contributed by atoms with Crippen molar-refractivity contribution in [3.05, 3.63) is 107 Å². The maximum absolute atomic E-state index is 12.9. The molecule has 1 aromatic heterocycles. The molecule has 144 valence electrons. The number of Topliss-reactive ketones (excluding diaryl/α,β-unsaturated/α-hetero) is 1. The van der Waals surface area contributed by atoms with E-state index in [0.29, 0.717) is 5.56 Å². The molecule has 1 fully saturated rings. The Bertz CT molecular complexity index is 1070. The molecule has 5 nitrogen and oxygen atoms in total. The zero-order chi connectivity index (χ0) is 20.4. The predicted molar refractivity (Wildman–Crippen MR) is 110 cm³/mol. The molecule has 2 aromatic carbocycles. The van der Waals surface area contributed by atoms with Crippen molar-refractivity contribution in [2.45, 2.75) is 19.5 Å². The fourth-order valence-electron chi connectivity index (χ4n) is 3.57. The molecule has 0 bridgehead atoms. The molecule has 0 radical (unpaired) electrons. The van der Waals surface area contributed by atoms with Crippen LogP contribution in [-0.4, -0.2) is 26.7 Å². The maximum atomic E-state index is 12.9. The van der Waals surface area contributed by atoms with Gasteiger partial charge in [0.1, 0.15) is 5.76 Å². The molecule has 1 unspecified atom stereocenters. The van der Waals surface area contributed by atoms with E-state index < -0.39 is 17.7 Å².